The molecule has 1 aromatic rings. The molecule has 0 spiro atoms. The van der Waals surface area contributed by atoms with Crippen LogP contribution in [0.4, 0.5) is 24.5 Å². The van der Waals surface area contributed by atoms with Crippen molar-refractivity contribution >= 4 is 27.4 Å². The number of carboxylic acids is 1. The lowest BCUT2D eigenvalue weighted by Gasteiger charge is -2.23. The molecule has 1 saturated heterocycles. The van der Waals surface area contributed by atoms with E-state index in [9.17, 15) is 31.7 Å². The minimum atomic E-state index is -5.08. The summed E-state index contributed by atoms with van der Waals surface area (Å²) in [6, 6.07) is 3.00. The van der Waals surface area contributed by atoms with Crippen molar-refractivity contribution in [3.05, 3.63) is 27.8 Å². The van der Waals surface area contributed by atoms with E-state index in [1.54, 1.807) is 0 Å². The zero-order valence-electron chi connectivity index (χ0n) is 22.8. The molecule has 1 unspecified atom stereocenters. The first-order chi connectivity index (χ1) is 18.2. The van der Waals surface area contributed by atoms with Crippen molar-refractivity contribution in [3.8, 4) is 0 Å². The Labute approximate surface area is 227 Å². The highest BCUT2D eigenvalue weighted by Gasteiger charge is 2.38. The first-order valence-electron chi connectivity index (χ1n) is 12.9. The van der Waals surface area contributed by atoms with E-state index in [2.05, 4.69) is 24.1 Å². The van der Waals surface area contributed by atoms with Crippen LogP contribution in [0.15, 0.2) is 17.0 Å². The van der Waals surface area contributed by atoms with E-state index in [1.165, 1.54) is 23.4 Å². The Bertz CT molecular complexity index is 1050. The first-order valence-corrected chi connectivity index (χ1v) is 14.3. The number of ether oxygens (including phenoxy) is 1. The average molecular weight is 585 g/mol. The van der Waals surface area contributed by atoms with E-state index in [0.29, 0.717) is 38.5 Å². The summed E-state index contributed by atoms with van der Waals surface area (Å²) in [6.07, 6.45) is -1.60. The highest BCUT2D eigenvalue weighted by molar-refractivity contribution is 7.89. The normalized spacial score (nSPS) is 16.1. The summed E-state index contributed by atoms with van der Waals surface area (Å²) in [5.41, 5.74) is 0.288. The molecule has 0 saturated carbocycles. The maximum Gasteiger partial charge on any atom is 0.490 e. The van der Waals surface area contributed by atoms with Crippen LogP contribution in [0.25, 0.3) is 0 Å². The molecule has 2 N–H and O–H groups in total. The second-order valence-corrected chi connectivity index (χ2v) is 10.9. The van der Waals surface area contributed by atoms with Crippen LogP contribution in [0.3, 0.4) is 0 Å². The molecule has 1 aliphatic rings. The number of aliphatic carboxylic acids is 1. The largest absolute Gasteiger partial charge is 0.490 e. The van der Waals surface area contributed by atoms with Gasteiger partial charge in [0.1, 0.15) is 5.69 Å². The monoisotopic (exact) mass is 584 g/mol. The Morgan fingerprint density at radius 1 is 1.18 bits per heavy atom. The number of benzene rings is 1. The molecule has 39 heavy (non-hydrogen) atoms. The van der Waals surface area contributed by atoms with Crippen LogP contribution in [0, 0.1) is 17.0 Å². The lowest BCUT2D eigenvalue weighted by atomic mass is 10.1. The van der Waals surface area contributed by atoms with Gasteiger partial charge in [-0.3, -0.25) is 10.1 Å². The molecule has 1 atom stereocenters. The minimum absolute atomic E-state index is 0.00797. The maximum atomic E-state index is 13.4. The highest BCUT2D eigenvalue weighted by atomic mass is 32.2. The number of hydrogen-bond acceptors (Lipinski definition) is 8. The molecule has 224 valence electrons. The van der Waals surface area contributed by atoms with E-state index >= 15 is 0 Å². The second kappa shape index (κ2) is 15.9. The number of carbonyl (C=O) groups is 1. The van der Waals surface area contributed by atoms with Crippen molar-refractivity contribution < 1.29 is 41.2 Å². The third kappa shape index (κ3) is 10.5. The number of nitrogens with one attached hydrogen (secondary N) is 1. The maximum absolute atomic E-state index is 13.4. The summed E-state index contributed by atoms with van der Waals surface area (Å²) in [4.78, 5) is 22.6. The molecule has 0 aliphatic carbocycles. The lowest BCUT2D eigenvalue weighted by molar-refractivity contribution is -0.384. The smallest absolute Gasteiger partial charge is 0.475 e. The SMILES string of the molecule is CCCC(CNc1ccc(S(=O)(=O)N2CCCN(CCC)CC2)c(C)c1[N+](=O)[O-])OCC.O=C(O)C(F)(F)F. The number of hydrogen-bond donors (Lipinski definition) is 2. The van der Waals surface area contributed by atoms with Gasteiger partial charge in [0.15, 0.2) is 0 Å². The minimum Gasteiger partial charge on any atom is -0.475 e. The first kappa shape index (κ1) is 34.5. The van der Waals surface area contributed by atoms with Crippen molar-refractivity contribution in [3.63, 3.8) is 0 Å². The predicted molar refractivity (Wildman–Crippen MR) is 140 cm³/mol. The number of nitrogens with zero attached hydrogens (tertiary/aromatic N) is 3. The van der Waals surface area contributed by atoms with Gasteiger partial charge in [-0.1, -0.05) is 20.3 Å². The Morgan fingerprint density at radius 3 is 2.33 bits per heavy atom. The second-order valence-electron chi connectivity index (χ2n) is 8.99. The molecule has 0 aromatic heterocycles. The molecule has 15 heteroatoms. The van der Waals surface area contributed by atoms with Crippen LogP contribution < -0.4 is 5.32 Å². The fraction of sp³-hybridized carbons (Fsp3) is 0.708. The van der Waals surface area contributed by atoms with Crippen LogP contribution in [-0.2, 0) is 19.6 Å². The molecule has 11 nitrogen and oxygen atoms in total. The van der Waals surface area contributed by atoms with Gasteiger partial charge in [-0.25, -0.2) is 13.2 Å². The summed E-state index contributed by atoms with van der Waals surface area (Å²) in [5, 5.41) is 22.1. The van der Waals surface area contributed by atoms with Crippen molar-refractivity contribution in [2.45, 2.75) is 70.6 Å². The fourth-order valence-electron chi connectivity index (χ4n) is 4.23. The van der Waals surface area contributed by atoms with Gasteiger partial charge in [0, 0.05) is 38.3 Å². The number of rotatable bonds is 12. The molecular formula is C24H39F3N4O7S. The van der Waals surface area contributed by atoms with E-state index in [1.807, 2.05) is 6.92 Å². The highest BCUT2D eigenvalue weighted by Crippen LogP contribution is 2.34. The van der Waals surface area contributed by atoms with Gasteiger partial charge in [0.05, 0.1) is 15.9 Å². The number of alkyl halides is 3. The topological polar surface area (TPSA) is 142 Å². The van der Waals surface area contributed by atoms with E-state index < -0.39 is 27.1 Å². The third-order valence-electron chi connectivity index (χ3n) is 6.04. The standard InChI is InChI=1S/C22H38N4O5S.C2HF3O2/c1-5-9-19(31-7-3)17-23-20-10-11-21(18(4)22(20)26(27)28)32(29,30)25-14-8-13-24(12-6-2)15-16-25;3-2(4,5)1(6)7/h10-11,19,23H,5-9,12-17H2,1-4H3;(H,6,7). The van der Waals surface area contributed by atoms with Crippen molar-refractivity contribution in [2.24, 2.45) is 0 Å². The number of anilines is 1. The summed E-state index contributed by atoms with van der Waals surface area (Å²) < 4.78 is 65.7. The molecule has 2 rings (SSSR count). The van der Waals surface area contributed by atoms with Gasteiger partial charge in [-0.15, -0.1) is 0 Å². The summed E-state index contributed by atoms with van der Waals surface area (Å²) in [7, 11) is -3.83. The van der Waals surface area contributed by atoms with Gasteiger partial charge in [-0.05, 0) is 58.3 Å². The van der Waals surface area contributed by atoms with Crippen LogP contribution in [0.5, 0.6) is 0 Å². The van der Waals surface area contributed by atoms with Crippen LogP contribution in [-0.4, -0.2) is 91.8 Å². The molecule has 0 amide bonds. The summed E-state index contributed by atoms with van der Waals surface area (Å²) >= 11 is 0. The van der Waals surface area contributed by atoms with Crippen molar-refractivity contribution in [2.75, 3.05) is 51.2 Å². The van der Waals surface area contributed by atoms with E-state index in [0.717, 1.165) is 38.8 Å². The van der Waals surface area contributed by atoms with Gasteiger partial charge in [0.2, 0.25) is 10.0 Å². The predicted octanol–water partition coefficient (Wildman–Crippen LogP) is 4.26. The number of carboxylic acid groups (broad SMARTS) is 1. The van der Waals surface area contributed by atoms with Gasteiger partial charge >= 0.3 is 12.1 Å². The van der Waals surface area contributed by atoms with Crippen LogP contribution >= 0.6 is 0 Å². The van der Waals surface area contributed by atoms with Gasteiger partial charge in [-0.2, -0.15) is 17.5 Å². The fourth-order valence-corrected chi connectivity index (χ4v) is 5.92. The molecule has 1 aliphatic heterocycles. The zero-order chi connectivity index (χ0) is 29.8. The third-order valence-corrected chi connectivity index (χ3v) is 8.09. The van der Waals surface area contributed by atoms with Crippen LogP contribution in [0.1, 0.15) is 52.0 Å². The van der Waals surface area contributed by atoms with E-state index in [4.69, 9.17) is 14.6 Å². The Kier molecular flexibility index (Phi) is 14.1. The number of sulfonamides is 1. The molecule has 1 aromatic carbocycles. The van der Waals surface area contributed by atoms with Crippen molar-refractivity contribution in [1.82, 2.24) is 9.21 Å². The Balaban J connectivity index is 0.000000956. The summed E-state index contributed by atoms with van der Waals surface area (Å²) in [6.45, 7) is 11.9. The van der Waals surface area contributed by atoms with Crippen LogP contribution in [0.2, 0.25) is 0 Å². The lowest BCUT2D eigenvalue weighted by Crippen LogP contribution is -2.35. The summed E-state index contributed by atoms with van der Waals surface area (Å²) in [5.74, 6) is -2.76. The molecule has 0 radical (unpaired) electrons. The molecular weight excluding hydrogens is 545 g/mol. The molecule has 1 fully saturated rings. The van der Waals surface area contributed by atoms with Gasteiger partial charge < -0.3 is 20.1 Å². The van der Waals surface area contributed by atoms with E-state index in [-0.39, 0.29) is 22.3 Å². The Hall–Kier alpha value is -2.49. The average Bonchev–Trinajstić information content (AvgIpc) is 3.08. The molecule has 1 heterocycles. The van der Waals surface area contributed by atoms with Gasteiger partial charge in [0.25, 0.3) is 5.69 Å². The number of halogens is 3. The van der Waals surface area contributed by atoms with Crippen molar-refractivity contribution in [1.29, 1.82) is 0 Å². The molecule has 0 bridgehead atoms. The zero-order valence-corrected chi connectivity index (χ0v) is 23.6. The Morgan fingerprint density at radius 2 is 1.82 bits per heavy atom. The number of nitro groups is 1. The quantitative estimate of drug-likeness (QED) is 0.272. The number of nitro benzene ring substituents is 1.